The molecule has 0 saturated heterocycles. The summed E-state index contributed by atoms with van der Waals surface area (Å²) in [6.45, 7) is 2.06. The monoisotopic (exact) mass is 466 g/mol. The van der Waals surface area contributed by atoms with Crippen molar-refractivity contribution < 1.29 is 23.8 Å². The lowest BCUT2D eigenvalue weighted by Crippen LogP contribution is -2.44. The van der Waals surface area contributed by atoms with Gasteiger partial charge >= 0.3 is 0 Å². The summed E-state index contributed by atoms with van der Waals surface area (Å²) in [5.74, 6) is 1.07. The molecule has 1 heterocycles. The van der Waals surface area contributed by atoms with E-state index in [0.29, 0.717) is 45.8 Å². The number of methoxy groups -OCH3 is 2. The van der Waals surface area contributed by atoms with Gasteiger partial charge in [0.1, 0.15) is 17.2 Å². The predicted molar refractivity (Wildman–Crippen MR) is 127 cm³/mol. The van der Waals surface area contributed by atoms with Gasteiger partial charge in [-0.25, -0.2) is 0 Å². The van der Waals surface area contributed by atoms with Crippen molar-refractivity contribution in [2.75, 3.05) is 24.4 Å². The van der Waals surface area contributed by atoms with Gasteiger partial charge in [0.05, 0.1) is 26.5 Å². The number of hydrogen-bond acceptors (Lipinski definition) is 5. The van der Waals surface area contributed by atoms with Crippen molar-refractivity contribution >= 4 is 34.8 Å². The van der Waals surface area contributed by atoms with Crippen molar-refractivity contribution in [1.29, 1.82) is 0 Å². The smallest absolute Gasteiger partial charge is 0.268 e. The van der Waals surface area contributed by atoms with E-state index in [2.05, 4.69) is 5.32 Å². The Kier molecular flexibility index (Phi) is 6.42. The molecule has 1 N–H and O–H groups in total. The molecule has 4 rings (SSSR count). The molecule has 7 nitrogen and oxygen atoms in total. The van der Waals surface area contributed by atoms with Crippen LogP contribution in [-0.4, -0.2) is 32.1 Å². The maximum atomic E-state index is 12.9. The molecule has 0 bridgehead atoms. The largest absolute Gasteiger partial charge is 0.497 e. The predicted octanol–water partition coefficient (Wildman–Crippen LogP) is 4.92. The van der Waals surface area contributed by atoms with Crippen molar-refractivity contribution in [3.63, 3.8) is 0 Å². The lowest BCUT2D eigenvalue weighted by molar-refractivity contribution is -0.125. The molecule has 1 aliphatic heterocycles. The molecule has 0 fully saturated rings. The second kappa shape index (κ2) is 9.42. The molecule has 170 valence electrons. The summed E-state index contributed by atoms with van der Waals surface area (Å²) in [4.78, 5) is 27.5. The summed E-state index contributed by atoms with van der Waals surface area (Å²) in [6, 6.07) is 17.4. The van der Waals surface area contributed by atoms with Crippen LogP contribution in [0.25, 0.3) is 0 Å². The molecule has 1 unspecified atom stereocenters. The van der Waals surface area contributed by atoms with E-state index >= 15 is 0 Å². The Bertz CT molecular complexity index is 1170. The Morgan fingerprint density at radius 3 is 2.33 bits per heavy atom. The molecule has 0 saturated carbocycles. The third kappa shape index (κ3) is 4.88. The van der Waals surface area contributed by atoms with Gasteiger partial charge in [0, 0.05) is 22.3 Å². The number of nitrogens with one attached hydrogen (secondary N) is 1. The first-order valence-electron chi connectivity index (χ1n) is 10.3. The number of halogens is 1. The first-order valence-corrected chi connectivity index (χ1v) is 10.7. The van der Waals surface area contributed by atoms with Gasteiger partial charge in [-0.1, -0.05) is 23.7 Å². The Balaban J connectivity index is 1.62. The van der Waals surface area contributed by atoms with E-state index in [1.54, 1.807) is 60.4 Å². The summed E-state index contributed by atoms with van der Waals surface area (Å²) in [5, 5.41) is 3.49. The zero-order valence-corrected chi connectivity index (χ0v) is 19.2. The zero-order chi connectivity index (χ0) is 23.5. The van der Waals surface area contributed by atoms with Crippen LogP contribution in [0.1, 0.15) is 22.8 Å². The molecule has 0 radical (unpaired) electrons. The number of nitrogens with zero attached hydrogens (tertiary/aromatic N) is 1. The normalized spacial score (nSPS) is 14.8. The van der Waals surface area contributed by atoms with Crippen LogP contribution in [0, 0.1) is 0 Å². The second-order valence-electron chi connectivity index (χ2n) is 7.55. The van der Waals surface area contributed by atoms with Crippen LogP contribution in [0.3, 0.4) is 0 Å². The standard InChI is InChI=1S/C25H23ClN2O5/c1-15-25(30)28(14-16-4-6-18(26)7-5-16)22-12-19(8-9-23(22)33-15)27-24(29)17-10-20(31-2)13-21(11-17)32-3/h4-13,15H,14H2,1-3H3,(H,27,29). The van der Waals surface area contributed by atoms with Crippen LogP contribution in [-0.2, 0) is 11.3 Å². The van der Waals surface area contributed by atoms with Gasteiger partial charge in [-0.2, -0.15) is 0 Å². The van der Waals surface area contributed by atoms with Crippen LogP contribution >= 0.6 is 11.6 Å². The molecule has 0 spiro atoms. The summed E-state index contributed by atoms with van der Waals surface area (Å²) >= 11 is 5.99. The first-order chi connectivity index (χ1) is 15.9. The summed E-state index contributed by atoms with van der Waals surface area (Å²) < 4.78 is 16.3. The van der Waals surface area contributed by atoms with Gasteiger partial charge in [-0.15, -0.1) is 0 Å². The Hall–Kier alpha value is -3.71. The van der Waals surface area contributed by atoms with E-state index in [9.17, 15) is 9.59 Å². The van der Waals surface area contributed by atoms with Crippen molar-refractivity contribution in [1.82, 2.24) is 0 Å². The number of benzene rings is 3. The summed E-state index contributed by atoms with van der Waals surface area (Å²) in [6.07, 6.45) is -0.616. The van der Waals surface area contributed by atoms with E-state index < -0.39 is 6.10 Å². The first kappa shape index (κ1) is 22.5. The molecular weight excluding hydrogens is 444 g/mol. The minimum Gasteiger partial charge on any atom is -0.497 e. The molecule has 3 aromatic carbocycles. The number of anilines is 2. The van der Waals surface area contributed by atoms with Gasteiger partial charge in [0.2, 0.25) is 0 Å². The highest BCUT2D eigenvalue weighted by atomic mass is 35.5. The van der Waals surface area contributed by atoms with E-state index in [0.717, 1.165) is 5.56 Å². The van der Waals surface area contributed by atoms with Crippen LogP contribution in [0.15, 0.2) is 60.7 Å². The average Bonchev–Trinajstić information content (AvgIpc) is 2.83. The number of carbonyl (C=O) groups is 2. The number of fused-ring (bicyclic) bond motifs is 1. The van der Waals surface area contributed by atoms with E-state index in [1.807, 2.05) is 12.1 Å². The molecule has 0 aromatic heterocycles. The molecule has 1 atom stereocenters. The third-order valence-corrected chi connectivity index (χ3v) is 5.54. The number of rotatable bonds is 6. The Morgan fingerprint density at radius 1 is 1.03 bits per heavy atom. The van der Waals surface area contributed by atoms with Crippen LogP contribution in [0.5, 0.6) is 17.2 Å². The fraction of sp³-hybridized carbons (Fsp3) is 0.200. The molecule has 33 heavy (non-hydrogen) atoms. The van der Waals surface area contributed by atoms with E-state index in [4.69, 9.17) is 25.8 Å². The fourth-order valence-electron chi connectivity index (χ4n) is 3.56. The van der Waals surface area contributed by atoms with Gasteiger partial charge in [-0.3, -0.25) is 9.59 Å². The second-order valence-corrected chi connectivity index (χ2v) is 7.99. The van der Waals surface area contributed by atoms with E-state index in [-0.39, 0.29) is 11.8 Å². The SMILES string of the molecule is COc1cc(OC)cc(C(=O)Nc2ccc3c(c2)N(Cc2ccc(Cl)cc2)C(=O)C(C)O3)c1. The molecule has 2 amide bonds. The Labute approximate surface area is 196 Å². The van der Waals surface area contributed by atoms with Crippen molar-refractivity contribution in [2.45, 2.75) is 19.6 Å². The van der Waals surface area contributed by atoms with E-state index in [1.165, 1.54) is 14.2 Å². The zero-order valence-electron chi connectivity index (χ0n) is 18.4. The molecule has 0 aliphatic carbocycles. The van der Waals surface area contributed by atoms with Gasteiger partial charge < -0.3 is 24.4 Å². The number of hydrogen-bond donors (Lipinski definition) is 1. The van der Waals surface area contributed by atoms with Crippen molar-refractivity contribution in [3.8, 4) is 17.2 Å². The Morgan fingerprint density at radius 2 is 1.70 bits per heavy atom. The van der Waals surface area contributed by atoms with Gasteiger partial charge in [0.15, 0.2) is 6.10 Å². The number of amides is 2. The molecular formula is C25H23ClN2O5. The maximum Gasteiger partial charge on any atom is 0.268 e. The number of carbonyl (C=O) groups excluding carboxylic acids is 2. The molecule has 3 aromatic rings. The number of ether oxygens (including phenoxy) is 3. The third-order valence-electron chi connectivity index (χ3n) is 5.29. The minimum atomic E-state index is -0.616. The topological polar surface area (TPSA) is 77.1 Å². The average molecular weight is 467 g/mol. The van der Waals surface area contributed by atoms with Gasteiger partial charge in [-0.05, 0) is 55.0 Å². The van der Waals surface area contributed by atoms with Crippen LogP contribution < -0.4 is 24.4 Å². The van der Waals surface area contributed by atoms with Crippen molar-refractivity contribution in [2.24, 2.45) is 0 Å². The highest BCUT2D eigenvalue weighted by molar-refractivity contribution is 6.30. The summed E-state index contributed by atoms with van der Waals surface area (Å²) in [5.41, 5.74) is 2.40. The highest BCUT2D eigenvalue weighted by Crippen LogP contribution is 2.37. The minimum absolute atomic E-state index is 0.168. The lowest BCUT2D eigenvalue weighted by atomic mass is 10.1. The van der Waals surface area contributed by atoms with Crippen LogP contribution in [0.2, 0.25) is 5.02 Å². The van der Waals surface area contributed by atoms with Gasteiger partial charge in [0.25, 0.3) is 11.8 Å². The van der Waals surface area contributed by atoms with Crippen LogP contribution in [0.4, 0.5) is 11.4 Å². The fourth-order valence-corrected chi connectivity index (χ4v) is 3.69. The molecule has 8 heteroatoms. The quantitative estimate of drug-likeness (QED) is 0.557. The van der Waals surface area contributed by atoms with Crippen molar-refractivity contribution in [3.05, 3.63) is 76.8 Å². The maximum absolute atomic E-state index is 12.9. The highest BCUT2D eigenvalue weighted by Gasteiger charge is 2.32. The lowest BCUT2D eigenvalue weighted by Gasteiger charge is -2.33. The molecule has 1 aliphatic rings. The summed E-state index contributed by atoms with van der Waals surface area (Å²) in [7, 11) is 3.04.